The van der Waals surface area contributed by atoms with Crippen molar-refractivity contribution in [3.05, 3.63) is 35.8 Å². The number of carbonyl (C=O) groups excluding carboxylic acids is 1. The largest absolute Gasteiger partial charge is 0.490 e. The molecule has 2 N–H and O–H groups in total. The van der Waals surface area contributed by atoms with E-state index >= 15 is 0 Å². The number of ether oxygens (including phenoxy) is 4. The quantitative estimate of drug-likeness (QED) is 0.555. The Hall–Kier alpha value is -3.01. The number of aromatic amines is 1. The molecular formula is C27H32N4O5. The zero-order valence-electron chi connectivity index (χ0n) is 20.8. The predicted molar refractivity (Wildman–Crippen MR) is 134 cm³/mol. The first kappa shape index (κ1) is 23.4. The molecule has 0 bridgehead atoms. The smallest absolute Gasteiger partial charge is 0.222 e. The van der Waals surface area contributed by atoms with Crippen LogP contribution in [0.25, 0.3) is 22.2 Å². The Morgan fingerprint density at radius 1 is 1.22 bits per heavy atom. The Balaban J connectivity index is 1.46. The van der Waals surface area contributed by atoms with Gasteiger partial charge in [0.15, 0.2) is 0 Å². The van der Waals surface area contributed by atoms with Crippen molar-refractivity contribution in [2.45, 2.75) is 51.2 Å². The lowest BCUT2D eigenvalue weighted by atomic mass is 9.88. The fourth-order valence-corrected chi connectivity index (χ4v) is 5.64. The molecule has 0 aliphatic carbocycles. The number of H-pyrrole nitrogens is 1. The number of amides is 1. The van der Waals surface area contributed by atoms with Gasteiger partial charge in [-0.25, -0.2) is 9.97 Å². The molecule has 6 rings (SSSR count). The lowest BCUT2D eigenvalue weighted by Gasteiger charge is -2.36. The van der Waals surface area contributed by atoms with Gasteiger partial charge in [-0.3, -0.25) is 4.79 Å². The third kappa shape index (κ3) is 4.25. The molecule has 36 heavy (non-hydrogen) atoms. The molecule has 2 atom stereocenters. The van der Waals surface area contributed by atoms with Crippen LogP contribution >= 0.6 is 0 Å². The van der Waals surface area contributed by atoms with Gasteiger partial charge in [0.25, 0.3) is 0 Å². The maximum atomic E-state index is 11.6. The fourth-order valence-electron chi connectivity index (χ4n) is 5.64. The van der Waals surface area contributed by atoms with Crippen LogP contribution in [0.4, 0.5) is 5.82 Å². The highest BCUT2D eigenvalue weighted by atomic mass is 16.6. The van der Waals surface area contributed by atoms with Crippen LogP contribution in [0.15, 0.2) is 24.5 Å². The van der Waals surface area contributed by atoms with Crippen LogP contribution in [-0.4, -0.2) is 60.0 Å². The highest BCUT2D eigenvalue weighted by Gasteiger charge is 2.44. The van der Waals surface area contributed by atoms with E-state index in [0.717, 1.165) is 78.1 Å². The summed E-state index contributed by atoms with van der Waals surface area (Å²) in [6.07, 6.45) is 7.26. The minimum absolute atomic E-state index is 0.0606. The second-order valence-corrected chi connectivity index (χ2v) is 10.00. The minimum atomic E-state index is -0.543. The summed E-state index contributed by atoms with van der Waals surface area (Å²) in [5.74, 6) is 1.66. The Kier molecular flexibility index (Phi) is 6.15. The third-order valence-electron chi connectivity index (χ3n) is 7.62. The van der Waals surface area contributed by atoms with Gasteiger partial charge in [-0.05, 0) is 31.7 Å². The number of nitrogens with zero attached hydrogens (tertiary/aromatic N) is 2. The molecular weight excluding hydrogens is 460 g/mol. The summed E-state index contributed by atoms with van der Waals surface area (Å²) < 4.78 is 24.4. The van der Waals surface area contributed by atoms with Gasteiger partial charge < -0.3 is 29.2 Å². The molecule has 2 fully saturated rings. The zero-order chi connectivity index (χ0) is 24.7. The van der Waals surface area contributed by atoms with Gasteiger partial charge in [0.1, 0.15) is 17.2 Å². The number of fused-ring (bicyclic) bond motifs is 3. The molecule has 0 radical (unpaired) electrons. The molecule has 3 aromatic rings. The Labute approximate surface area is 209 Å². The average molecular weight is 493 g/mol. The minimum Gasteiger partial charge on any atom is -0.490 e. The SMILES string of the molecule is CC(=O)Nc1cc2c(-c3cc(OC(C)C4CCOCC4)c4c(n3)C3(CCOC3)OCC4)c[nH]c2cn1. The van der Waals surface area contributed by atoms with E-state index in [1.807, 2.05) is 12.3 Å². The molecule has 9 heteroatoms. The van der Waals surface area contributed by atoms with Crippen molar-refractivity contribution in [3.8, 4) is 17.0 Å². The summed E-state index contributed by atoms with van der Waals surface area (Å²) in [6, 6.07) is 3.93. The Morgan fingerprint density at radius 2 is 2.08 bits per heavy atom. The topological polar surface area (TPSA) is 108 Å². The normalized spacial score (nSPS) is 23.1. The van der Waals surface area contributed by atoms with E-state index in [1.54, 1.807) is 6.20 Å². The number of hydrogen-bond acceptors (Lipinski definition) is 7. The van der Waals surface area contributed by atoms with Crippen molar-refractivity contribution in [3.63, 3.8) is 0 Å². The van der Waals surface area contributed by atoms with Gasteiger partial charge in [-0.15, -0.1) is 0 Å². The van der Waals surface area contributed by atoms with Gasteiger partial charge >= 0.3 is 0 Å². The predicted octanol–water partition coefficient (Wildman–Crippen LogP) is 3.97. The maximum absolute atomic E-state index is 11.6. The van der Waals surface area contributed by atoms with Gasteiger partial charge in [0.05, 0.1) is 42.4 Å². The first-order valence-corrected chi connectivity index (χ1v) is 12.8. The van der Waals surface area contributed by atoms with Crippen molar-refractivity contribution < 1.29 is 23.7 Å². The van der Waals surface area contributed by atoms with Gasteiger partial charge in [0, 0.05) is 68.4 Å². The molecule has 2 unspecified atom stereocenters. The van der Waals surface area contributed by atoms with E-state index in [1.165, 1.54) is 6.92 Å². The number of carbonyl (C=O) groups is 1. The third-order valence-corrected chi connectivity index (χ3v) is 7.62. The summed E-state index contributed by atoms with van der Waals surface area (Å²) >= 11 is 0. The number of rotatable bonds is 5. The molecule has 2 saturated heterocycles. The summed E-state index contributed by atoms with van der Waals surface area (Å²) in [5.41, 5.74) is 4.08. The molecule has 3 aliphatic heterocycles. The molecule has 0 saturated carbocycles. The van der Waals surface area contributed by atoms with E-state index < -0.39 is 5.60 Å². The highest BCUT2D eigenvalue weighted by Crippen LogP contribution is 2.44. The van der Waals surface area contributed by atoms with Gasteiger partial charge in [0.2, 0.25) is 5.91 Å². The molecule has 190 valence electrons. The van der Waals surface area contributed by atoms with Crippen molar-refractivity contribution in [1.82, 2.24) is 15.0 Å². The highest BCUT2D eigenvalue weighted by molar-refractivity contribution is 5.97. The number of nitrogens with one attached hydrogen (secondary N) is 2. The van der Waals surface area contributed by atoms with E-state index in [4.69, 9.17) is 23.9 Å². The van der Waals surface area contributed by atoms with E-state index in [9.17, 15) is 4.79 Å². The molecule has 3 aromatic heterocycles. The first-order chi connectivity index (χ1) is 17.5. The van der Waals surface area contributed by atoms with Crippen molar-refractivity contribution in [2.24, 2.45) is 5.92 Å². The molecule has 3 aliphatic rings. The van der Waals surface area contributed by atoms with Crippen LogP contribution < -0.4 is 10.1 Å². The van der Waals surface area contributed by atoms with Gasteiger partial charge in [-0.2, -0.15) is 0 Å². The number of pyridine rings is 2. The first-order valence-electron chi connectivity index (χ1n) is 12.8. The monoisotopic (exact) mass is 492 g/mol. The van der Waals surface area contributed by atoms with E-state index in [0.29, 0.717) is 31.6 Å². The fraction of sp³-hybridized carbons (Fsp3) is 0.519. The number of hydrogen-bond donors (Lipinski definition) is 2. The Bertz CT molecular complexity index is 1280. The van der Waals surface area contributed by atoms with Crippen LogP contribution in [0.1, 0.15) is 44.4 Å². The van der Waals surface area contributed by atoms with Crippen LogP contribution in [-0.2, 0) is 31.0 Å². The lowest BCUT2D eigenvalue weighted by Crippen LogP contribution is -2.38. The maximum Gasteiger partial charge on any atom is 0.222 e. The molecule has 0 aromatic carbocycles. The number of aromatic nitrogens is 3. The van der Waals surface area contributed by atoms with Crippen molar-refractivity contribution in [1.29, 1.82) is 0 Å². The summed E-state index contributed by atoms with van der Waals surface area (Å²) in [5, 5.41) is 3.70. The molecule has 1 spiro atoms. The van der Waals surface area contributed by atoms with Crippen LogP contribution in [0.5, 0.6) is 5.75 Å². The average Bonchev–Trinajstić information content (AvgIpc) is 3.52. The van der Waals surface area contributed by atoms with Crippen LogP contribution in [0, 0.1) is 5.92 Å². The van der Waals surface area contributed by atoms with Crippen molar-refractivity contribution in [2.75, 3.05) is 38.4 Å². The molecule has 9 nitrogen and oxygen atoms in total. The molecule has 1 amide bonds. The summed E-state index contributed by atoms with van der Waals surface area (Å²) in [4.78, 5) is 24.4. The second kappa shape index (κ2) is 9.46. The van der Waals surface area contributed by atoms with Crippen LogP contribution in [0.3, 0.4) is 0 Å². The standard InChI is InChI=1S/C27H32N4O5/c1-16(18-3-7-33-8-4-18)36-24-12-22(31-26-19(24)5-9-35-27(26)6-10-34-15-27)21-13-28-23-14-29-25(11-20(21)23)30-17(2)32/h11-14,16,18,28H,3-10,15H2,1-2H3,(H,29,30,32). The van der Waals surface area contributed by atoms with E-state index in [-0.39, 0.29) is 12.0 Å². The van der Waals surface area contributed by atoms with Crippen molar-refractivity contribution >= 4 is 22.6 Å². The summed E-state index contributed by atoms with van der Waals surface area (Å²) in [6.45, 7) is 6.97. The zero-order valence-corrected chi connectivity index (χ0v) is 20.8. The Morgan fingerprint density at radius 3 is 2.86 bits per heavy atom. The lowest BCUT2D eigenvalue weighted by molar-refractivity contribution is -0.114. The van der Waals surface area contributed by atoms with E-state index in [2.05, 4.69) is 28.3 Å². The number of anilines is 1. The summed E-state index contributed by atoms with van der Waals surface area (Å²) in [7, 11) is 0. The second-order valence-electron chi connectivity index (χ2n) is 10.00. The van der Waals surface area contributed by atoms with Crippen LogP contribution in [0.2, 0.25) is 0 Å². The molecule has 6 heterocycles. The van der Waals surface area contributed by atoms with Gasteiger partial charge in [-0.1, -0.05) is 0 Å².